The van der Waals surface area contributed by atoms with Crippen LogP contribution in [0, 0.1) is 5.92 Å². The smallest absolute Gasteiger partial charge is 0.302 e. The molecule has 0 bridgehead atoms. The van der Waals surface area contributed by atoms with Gasteiger partial charge in [-0.1, -0.05) is 48.5 Å². The highest BCUT2D eigenvalue weighted by Gasteiger charge is 2.38. The second kappa shape index (κ2) is 15.8. The van der Waals surface area contributed by atoms with Gasteiger partial charge in [0.25, 0.3) is 5.91 Å². The molecule has 0 aliphatic carbocycles. The van der Waals surface area contributed by atoms with Crippen molar-refractivity contribution in [1.82, 2.24) is 19.8 Å². The number of hydrogen-bond acceptors (Lipinski definition) is 7. The van der Waals surface area contributed by atoms with Crippen LogP contribution in [0.3, 0.4) is 0 Å². The molecule has 0 aromatic heterocycles. The van der Waals surface area contributed by atoms with Crippen molar-refractivity contribution in [3.05, 3.63) is 71.3 Å². The van der Waals surface area contributed by atoms with Gasteiger partial charge in [-0.3, -0.25) is 19.2 Å². The molecule has 3 amide bonds. The van der Waals surface area contributed by atoms with Gasteiger partial charge < -0.3 is 25.6 Å². The van der Waals surface area contributed by atoms with E-state index in [2.05, 4.69) is 15.0 Å². The Kier molecular flexibility index (Phi) is 11.9. The van der Waals surface area contributed by atoms with Crippen LogP contribution in [-0.4, -0.2) is 92.4 Å². The van der Waals surface area contributed by atoms with E-state index in [1.54, 1.807) is 24.3 Å². The molecule has 0 unspecified atom stereocenters. The summed E-state index contributed by atoms with van der Waals surface area (Å²) in [6.07, 6.45) is 3.75. The highest BCUT2D eigenvalue weighted by atomic mass is 32.2. The fourth-order valence-electron chi connectivity index (χ4n) is 5.79. The minimum absolute atomic E-state index is 0.0393. The van der Waals surface area contributed by atoms with Crippen LogP contribution >= 0.6 is 0 Å². The molecule has 4 N–H and O–H groups in total. The zero-order chi connectivity index (χ0) is 33.3. The van der Waals surface area contributed by atoms with Crippen molar-refractivity contribution >= 4 is 39.7 Å². The average Bonchev–Trinajstić information content (AvgIpc) is 3.52. The molecule has 2 heterocycles. The van der Waals surface area contributed by atoms with Crippen LogP contribution in [0.5, 0.6) is 0 Å². The number of likely N-dealkylation sites (tertiary alicyclic amines) is 2. The molecular formula is C32H42N6O7S. The lowest BCUT2D eigenvalue weighted by Gasteiger charge is -2.33. The van der Waals surface area contributed by atoms with E-state index >= 15 is 0 Å². The molecule has 0 saturated carbocycles. The van der Waals surface area contributed by atoms with Crippen molar-refractivity contribution in [2.75, 3.05) is 32.4 Å². The van der Waals surface area contributed by atoms with E-state index in [-0.39, 0.29) is 30.8 Å². The highest BCUT2D eigenvalue weighted by molar-refractivity contribution is 7.88. The van der Waals surface area contributed by atoms with E-state index in [1.165, 1.54) is 11.8 Å². The molecule has 2 fully saturated rings. The number of benzene rings is 2. The monoisotopic (exact) mass is 654 g/mol. The summed E-state index contributed by atoms with van der Waals surface area (Å²) in [6, 6.07) is 14.2. The molecule has 4 rings (SSSR count). The molecule has 2 aliphatic heterocycles. The zero-order valence-corrected chi connectivity index (χ0v) is 27.0. The third-order valence-corrected chi connectivity index (χ3v) is 8.89. The number of nitrogens with two attached hydrogens (primary N) is 1. The number of hydrogen-bond donors (Lipinski definition) is 3. The van der Waals surface area contributed by atoms with Gasteiger partial charge in [0.05, 0.1) is 6.26 Å². The Bertz CT molecular complexity index is 1540. The van der Waals surface area contributed by atoms with E-state index in [0.29, 0.717) is 63.0 Å². The number of aliphatic imine (C=N–C) groups is 1. The van der Waals surface area contributed by atoms with Gasteiger partial charge in [0.2, 0.25) is 21.8 Å². The predicted molar refractivity (Wildman–Crippen MR) is 172 cm³/mol. The Labute approximate surface area is 269 Å². The van der Waals surface area contributed by atoms with Gasteiger partial charge in [0.1, 0.15) is 18.7 Å². The van der Waals surface area contributed by atoms with Crippen molar-refractivity contribution in [3.63, 3.8) is 0 Å². The molecular weight excluding hydrogens is 612 g/mol. The maximum Gasteiger partial charge on any atom is 0.302 e. The molecule has 13 nitrogen and oxygen atoms in total. The highest BCUT2D eigenvalue weighted by Crippen LogP contribution is 2.22. The van der Waals surface area contributed by atoms with Gasteiger partial charge in [-0.15, -0.1) is 0 Å². The van der Waals surface area contributed by atoms with Crippen LogP contribution in [0.4, 0.5) is 0 Å². The normalized spacial score (nSPS) is 18.2. The number of nitrogens with one attached hydrogen (secondary N) is 2. The lowest BCUT2D eigenvalue weighted by Crippen LogP contribution is -2.54. The van der Waals surface area contributed by atoms with E-state index in [9.17, 15) is 27.6 Å². The lowest BCUT2D eigenvalue weighted by atomic mass is 9.97. The molecule has 0 radical (unpaired) electrons. The van der Waals surface area contributed by atoms with E-state index in [1.807, 2.05) is 35.2 Å². The van der Waals surface area contributed by atoms with Crippen LogP contribution in [0.2, 0.25) is 0 Å². The largest absolute Gasteiger partial charge is 0.461 e. The number of carbonyl (C=O) groups excluding carboxylic acids is 4. The Balaban J connectivity index is 1.29. The SMILES string of the molecule is CC(=O)OCc1ccccc1C(=O)/N=C(\N)N1CCC(CNC(=O)[C@@H]2CCCN2C(=O)[C@@H](Cc2ccccc2)NS(C)(=O)=O)CC1. The zero-order valence-electron chi connectivity index (χ0n) is 26.2. The van der Waals surface area contributed by atoms with Crippen LogP contribution < -0.4 is 15.8 Å². The van der Waals surface area contributed by atoms with E-state index in [4.69, 9.17) is 10.5 Å². The Morgan fingerprint density at radius 1 is 1.00 bits per heavy atom. The number of amides is 3. The van der Waals surface area contributed by atoms with Gasteiger partial charge in [-0.2, -0.15) is 4.99 Å². The number of piperidine rings is 1. The Morgan fingerprint density at radius 3 is 2.35 bits per heavy atom. The van der Waals surface area contributed by atoms with Gasteiger partial charge in [-0.25, -0.2) is 13.1 Å². The van der Waals surface area contributed by atoms with Crippen LogP contribution in [0.15, 0.2) is 59.6 Å². The summed E-state index contributed by atoms with van der Waals surface area (Å²) in [5, 5.41) is 3.00. The number of guanidine groups is 1. The molecule has 0 spiro atoms. The maximum absolute atomic E-state index is 13.5. The number of rotatable bonds is 11. The predicted octanol–water partition coefficient (Wildman–Crippen LogP) is 1.18. The topological polar surface area (TPSA) is 181 Å². The first kappa shape index (κ1) is 34.6. The number of carbonyl (C=O) groups is 4. The number of esters is 1. The summed E-state index contributed by atoms with van der Waals surface area (Å²) >= 11 is 0. The van der Waals surface area contributed by atoms with E-state index < -0.39 is 39.9 Å². The lowest BCUT2D eigenvalue weighted by molar-refractivity contribution is -0.142. The summed E-state index contributed by atoms with van der Waals surface area (Å²) in [5.74, 6) is -1.39. The summed E-state index contributed by atoms with van der Waals surface area (Å²) in [5.41, 5.74) is 7.84. The minimum atomic E-state index is -3.67. The van der Waals surface area contributed by atoms with Crippen molar-refractivity contribution in [2.24, 2.45) is 16.6 Å². The molecule has 2 aliphatic rings. The van der Waals surface area contributed by atoms with Crippen molar-refractivity contribution in [1.29, 1.82) is 0 Å². The van der Waals surface area contributed by atoms with Gasteiger partial charge >= 0.3 is 5.97 Å². The second-order valence-electron chi connectivity index (χ2n) is 11.7. The second-order valence-corrected chi connectivity index (χ2v) is 13.5. The molecule has 2 atom stereocenters. The number of nitrogens with zero attached hydrogens (tertiary/aromatic N) is 3. The molecule has 46 heavy (non-hydrogen) atoms. The van der Waals surface area contributed by atoms with Crippen molar-refractivity contribution < 1.29 is 32.3 Å². The third-order valence-electron chi connectivity index (χ3n) is 8.17. The van der Waals surface area contributed by atoms with Crippen molar-refractivity contribution in [3.8, 4) is 0 Å². The molecule has 2 aromatic carbocycles. The fourth-order valence-corrected chi connectivity index (χ4v) is 6.49. The molecule has 2 aromatic rings. The maximum atomic E-state index is 13.5. The summed E-state index contributed by atoms with van der Waals surface area (Å²) in [6.45, 7) is 3.14. The molecule has 2 saturated heterocycles. The van der Waals surface area contributed by atoms with Gasteiger partial charge in [-0.05, 0) is 49.7 Å². The number of ether oxygens (including phenoxy) is 1. The van der Waals surface area contributed by atoms with Crippen molar-refractivity contribution in [2.45, 2.75) is 57.7 Å². The minimum Gasteiger partial charge on any atom is -0.461 e. The Hall–Kier alpha value is -4.30. The van der Waals surface area contributed by atoms with Gasteiger partial charge in [0.15, 0.2) is 5.96 Å². The van der Waals surface area contributed by atoms with E-state index in [0.717, 1.165) is 11.8 Å². The molecule has 248 valence electrons. The first-order chi connectivity index (χ1) is 21.9. The average molecular weight is 655 g/mol. The third kappa shape index (κ3) is 9.85. The standard InChI is InChI=1S/C32H42N6O7S/c1-22(39)45-21-25-11-6-7-12-26(25)29(40)35-32(33)37-17-14-24(15-18-37)20-34-30(41)28-13-8-16-38(28)31(42)27(36-46(2,43)44)19-23-9-4-3-5-10-23/h3-7,9-12,24,27-28,36H,8,13-21H2,1-2H3,(H,34,41)(H2,33,35,40)/t27-,28+/m1/s1. The van der Waals surface area contributed by atoms with Crippen LogP contribution in [0.25, 0.3) is 0 Å². The fraction of sp³-hybridized carbons (Fsp3) is 0.469. The Morgan fingerprint density at radius 2 is 1.67 bits per heavy atom. The summed E-state index contributed by atoms with van der Waals surface area (Å²) < 4.78 is 31.6. The molecule has 14 heteroatoms. The first-order valence-electron chi connectivity index (χ1n) is 15.4. The number of sulfonamides is 1. The summed E-state index contributed by atoms with van der Waals surface area (Å²) in [7, 11) is -3.67. The first-order valence-corrected chi connectivity index (χ1v) is 17.2. The van der Waals surface area contributed by atoms with Crippen LogP contribution in [0.1, 0.15) is 54.1 Å². The van der Waals surface area contributed by atoms with Gasteiger partial charge in [0, 0.05) is 44.2 Å². The van der Waals surface area contributed by atoms with Crippen LogP contribution in [-0.2, 0) is 42.2 Å². The summed E-state index contributed by atoms with van der Waals surface area (Å²) in [4.78, 5) is 58.3. The quantitative estimate of drug-likeness (QED) is 0.182.